The summed E-state index contributed by atoms with van der Waals surface area (Å²) >= 11 is -0.191. The molecule has 0 atom stereocenters. The van der Waals surface area contributed by atoms with Crippen molar-refractivity contribution in [3.8, 4) is 0 Å². The molecule has 0 aliphatic rings. The maximum atomic E-state index is 11.0. The molecule has 0 amide bonds. The summed E-state index contributed by atoms with van der Waals surface area (Å²) in [5.41, 5.74) is 0.421. The Morgan fingerprint density at radius 3 is 1.97 bits per heavy atom. The molecular weight excluding hydrogens is 453 g/mol. The SMILES string of the molecule is O=[N+]([O-])c1ccc(C[Se]c2nnn(Cc3cc([N+](=O)[O-])cc([N+](=O)[O-])c3)n2)cc1. The van der Waals surface area contributed by atoms with Gasteiger partial charge in [0.15, 0.2) is 0 Å². The van der Waals surface area contributed by atoms with E-state index in [0.717, 1.165) is 11.6 Å². The second kappa shape index (κ2) is 8.50. The van der Waals surface area contributed by atoms with Gasteiger partial charge in [-0.3, -0.25) is 0 Å². The van der Waals surface area contributed by atoms with Crippen LogP contribution in [0.3, 0.4) is 0 Å². The first-order chi connectivity index (χ1) is 13.8. The molecule has 148 valence electrons. The first-order valence-corrected chi connectivity index (χ1v) is 9.95. The Balaban J connectivity index is 1.68. The predicted octanol–water partition coefficient (Wildman–Crippen LogP) is 0.976. The summed E-state index contributed by atoms with van der Waals surface area (Å²) in [5.74, 6) is 0. The van der Waals surface area contributed by atoms with Crippen molar-refractivity contribution >= 4 is 36.7 Å². The van der Waals surface area contributed by atoms with Gasteiger partial charge in [-0.15, -0.1) is 0 Å². The van der Waals surface area contributed by atoms with Crippen LogP contribution in [0.15, 0.2) is 42.5 Å². The molecule has 29 heavy (non-hydrogen) atoms. The molecule has 0 N–H and O–H groups in total. The van der Waals surface area contributed by atoms with Crippen molar-refractivity contribution in [3.05, 3.63) is 83.9 Å². The molecule has 13 nitrogen and oxygen atoms in total. The predicted molar refractivity (Wildman–Crippen MR) is 98.9 cm³/mol. The third-order valence-corrected chi connectivity index (χ3v) is 5.54. The van der Waals surface area contributed by atoms with Gasteiger partial charge < -0.3 is 0 Å². The number of nitro benzene ring substituents is 3. The summed E-state index contributed by atoms with van der Waals surface area (Å²) in [5, 5.41) is 45.2. The summed E-state index contributed by atoms with van der Waals surface area (Å²) in [6.07, 6.45) is 0. The van der Waals surface area contributed by atoms with Crippen LogP contribution >= 0.6 is 0 Å². The van der Waals surface area contributed by atoms with Crippen LogP contribution in [0.1, 0.15) is 11.1 Å². The summed E-state index contributed by atoms with van der Waals surface area (Å²) in [4.78, 5) is 31.9. The summed E-state index contributed by atoms with van der Waals surface area (Å²) in [6, 6.07) is 9.49. The molecular formula is C15H11N7O6Se. The average molecular weight is 464 g/mol. The van der Waals surface area contributed by atoms with Crippen molar-refractivity contribution in [1.82, 2.24) is 20.2 Å². The average Bonchev–Trinajstić information content (AvgIpc) is 3.13. The van der Waals surface area contributed by atoms with Gasteiger partial charge in [0.2, 0.25) is 0 Å². The van der Waals surface area contributed by atoms with Crippen LogP contribution in [0.2, 0.25) is 0 Å². The zero-order chi connectivity index (χ0) is 21.0. The summed E-state index contributed by atoms with van der Waals surface area (Å²) in [6.45, 7) is -0.0108. The number of hydrogen-bond acceptors (Lipinski definition) is 9. The molecule has 0 aliphatic carbocycles. The Hall–Kier alpha value is -3.77. The van der Waals surface area contributed by atoms with Gasteiger partial charge >= 0.3 is 168 Å². The molecule has 0 unspecified atom stereocenters. The van der Waals surface area contributed by atoms with Gasteiger partial charge in [0.1, 0.15) is 0 Å². The Morgan fingerprint density at radius 1 is 0.828 bits per heavy atom. The van der Waals surface area contributed by atoms with E-state index in [4.69, 9.17) is 0 Å². The fraction of sp³-hybridized carbons (Fsp3) is 0.133. The summed E-state index contributed by atoms with van der Waals surface area (Å²) in [7, 11) is 0. The molecule has 0 bridgehead atoms. The number of nitrogens with zero attached hydrogens (tertiary/aromatic N) is 7. The molecule has 0 fully saturated rings. The molecule has 3 rings (SSSR count). The van der Waals surface area contributed by atoms with Crippen molar-refractivity contribution in [1.29, 1.82) is 0 Å². The number of rotatable bonds is 8. The normalized spacial score (nSPS) is 10.6. The van der Waals surface area contributed by atoms with E-state index in [0.29, 0.717) is 15.6 Å². The molecule has 0 saturated carbocycles. The van der Waals surface area contributed by atoms with Crippen molar-refractivity contribution in [2.24, 2.45) is 0 Å². The molecule has 2 aromatic carbocycles. The molecule has 0 spiro atoms. The summed E-state index contributed by atoms with van der Waals surface area (Å²) < 4.78 is 0.468. The Labute approximate surface area is 167 Å². The van der Waals surface area contributed by atoms with E-state index in [-0.39, 0.29) is 27.2 Å². The fourth-order valence-corrected chi connectivity index (χ4v) is 3.88. The van der Waals surface area contributed by atoms with Crippen molar-refractivity contribution in [3.63, 3.8) is 0 Å². The van der Waals surface area contributed by atoms with E-state index in [2.05, 4.69) is 15.4 Å². The molecule has 0 saturated heterocycles. The minimum atomic E-state index is -0.704. The number of tetrazole rings is 1. The van der Waals surface area contributed by atoms with Gasteiger partial charge in [0.25, 0.3) is 0 Å². The third-order valence-electron chi connectivity index (χ3n) is 3.66. The number of benzene rings is 2. The van der Waals surface area contributed by atoms with Crippen LogP contribution in [-0.2, 0) is 11.9 Å². The van der Waals surface area contributed by atoms with Crippen LogP contribution in [0.4, 0.5) is 17.1 Å². The Kier molecular flexibility index (Phi) is 5.85. The van der Waals surface area contributed by atoms with E-state index in [1.807, 2.05) is 0 Å². The van der Waals surface area contributed by atoms with E-state index >= 15 is 0 Å². The van der Waals surface area contributed by atoms with Gasteiger partial charge in [-0.1, -0.05) is 0 Å². The second-order valence-electron chi connectivity index (χ2n) is 5.69. The molecule has 1 heterocycles. The monoisotopic (exact) mass is 465 g/mol. The number of non-ortho nitro benzene ring substituents is 3. The molecule has 3 aromatic rings. The number of hydrogen-bond donors (Lipinski definition) is 0. The van der Waals surface area contributed by atoms with E-state index in [1.54, 1.807) is 12.1 Å². The van der Waals surface area contributed by atoms with Gasteiger partial charge in [0, 0.05) is 0 Å². The van der Waals surface area contributed by atoms with Gasteiger partial charge in [0.05, 0.1) is 0 Å². The zero-order valence-electron chi connectivity index (χ0n) is 14.4. The minimum absolute atomic E-state index is 0.0105. The third kappa shape index (κ3) is 5.15. The maximum absolute atomic E-state index is 11.0. The zero-order valence-corrected chi connectivity index (χ0v) is 16.2. The van der Waals surface area contributed by atoms with Gasteiger partial charge in [-0.05, 0) is 0 Å². The van der Waals surface area contributed by atoms with Crippen molar-refractivity contribution in [2.45, 2.75) is 11.9 Å². The van der Waals surface area contributed by atoms with E-state index < -0.39 is 26.1 Å². The molecule has 1 aromatic heterocycles. The van der Waals surface area contributed by atoms with E-state index in [1.165, 1.54) is 29.1 Å². The second-order valence-corrected chi connectivity index (χ2v) is 7.66. The number of aromatic nitrogens is 4. The number of nitro groups is 3. The standard InChI is InChI=1S/C15H11N7O6Se/c23-20(24)12-3-1-10(2-4-12)9-29-15-16-18-19(17-15)8-11-5-13(21(25)26)7-14(6-11)22(27)28/h1-7H,8-9H2. The van der Waals surface area contributed by atoms with Crippen LogP contribution in [0.5, 0.6) is 0 Å². The van der Waals surface area contributed by atoms with Crippen molar-refractivity contribution < 1.29 is 14.8 Å². The quantitative estimate of drug-likeness (QED) is 0.267. The Bertz CT molecular complexity index is 1050. The van der Waals surface area contributed by atoms with Gasteiger partial charge in [-0.25, -0.2) is 0 Å². The first-order valence-electron chi connectivity index (χ1n) is 7.88. The van der Waals surface area contributed by atoms with Gasteiger partial charge in [-0.2, -0.15) is 0 Å². The van der Waals surface area contributed by atoms with Crippen molar-refractivity contribution in [2.75, 3.05) is 0 Å². The van der Waals surface area contributed by atoms with Crippen LogP contribution in [0, 0.1) is 30.3 Å². The topological polar surface area (TPSA) is 173 Å². The van der Waals surface area contributed by atoms with E-state index in [9.17, 15) is 30.3 Å². The molecule has 14 heteroatoms. The van der Waals surface area contributed by atoms with Crippen LogP contribution in [0.25, 0.3) is 0 Å². The molecule has 0 radical (unpaired) electrons. The molecule has 0 aliphatic heterocycles. The Morgan fingerprint density at radius 2 is 1.41 bits per heavy atom. The van der Waals surface area contributed by atoms with Crippen LogP contribution in [-0.4, -0.2) is 49.9 Å². The first kappa shape index (κ1) is 20.0. The van der Waals surface area contributed by atoms with Crippen LogP contribution < -0.4 is 4.72 Å². The fourth-order valence-electron chi connectivity index (χ4n) is 2.34.